The minimum Gasteiger partial charge on any atom is -0.496 e. The first-order valence-corrected chi connectivity index (χ1v) is 12.0. The van der Waals surface area contributed by atoms with Crippen molar-refractivity contribution in [3.05, 3.63) is 65.4 Å². The van der Waals surface area contributed by atoms with Crippen LogP contribution in [-0.4, -0.2) is 31.9 Å². The lowest BCUT2D eigenvalue weighted by Crippen LogP contribution is -2.42. The monoisotopic (exact) mass is 461 g/mol. The van der Waals surface area contributed by atoms with Gasteiger partial charge in [-0.05, 0) is 36.0 Å². The zero-order valence-electron chi connectivity index (χ0n) is 20.8. The van der Waals surface area contributed by atoms with Crippen LogP contribution in [0, 0.1) is 11.3 Å². The predicted molar refractivity (Wildman–Crippen MR) is 136 cm³/mol. The van der Waals surface area contributed by atoms with E-state index in [1.54, 1.807) is 7.11 Å². The van der Waals surface area contributed by atoms with Gasteiger partial charge in [-0.2, -0.15) is 0 Å². The molecule has 6 heteroatoms. The van der Waals surface area contributed by atoms with Crippen molar-refractivity contribution < 1.29 is 14.3 Å². The van der Waals surface area contributed by atoms with Crippen LogP contribution in [0.5, 0.6) is 5.75 Å². The van der Waals surface area contributed by atoms with E-state index in [4.69, 9.17) is 4.74 Å². The largest absolute Gasteiger partial charge is 0.496 e. The van der Waals surface area contributed by atoms with Gasteiger partial charge in [0.25, 0.3) is 0 Å². The van der Waals surface area contributed by atoms with E-state index in [2.05, 4.69) is 43.2 Å². The second-order valence-electron chi connectivity index (χ2n) is 10.4. The summed E-state index contributed by atoms with van der Waals surface area (Å²) in [6.07, 6.45) is 1.21. The Balaban J connectivity index is 1.91. The number of para-hydroxylation sites is 3. The van der Waals surface area contributed by atoms with Crippen LogP contribution >= 0.6 is 0 Å². The number of nitrogens with zero attached hydrogens (tertiary/aromatic N) is 1. The summed E-state index contributed by atoms with van der Waals surface area (Å²) >= 11 is 0. The molecule has 0 aromatic heterocycles. The Hall–Kier alpha value is -3.28. The van der Waals surface area contributed by atoms with E-state index < -0.39 is 6.04 Å². The van der Waals surface area contributed by atoms with Gasteiger partial charge in [-0.25, -0.2) is 0 Å². The molecule has 6 nitrogen and oxygen atoms in total. The maximum Gasteiger partial charge on any atom is 0.239 e. The molecule has 180 valence electrons. The molecule has 1 atom stereocenters. The first-order valence-electron chi connectivity index (χ1n) is 12.0. The lowest BCUT2D eigenvalue weighted by molar-refractivity contribution is -0.120. The number of methoxy groups -OCH3 is 1. The van der Waals surface area contributed by atoms with Crippen molar-refractivity contribution in [2.75, 3.05) is 30.4 Å². The molecule has 2 aromatic rings. The number of nitrogens with one attached hydrogen (secondary N) is 2. The number of carbonyl (C=O) groups excluding carboxylic acids is 2. The Morgan fingerprint density at radius 1 is 1.15 bits per heavy atom. The Kier molecular flexibility index (Phi) is 6.69. The van der Waals surface area contributed by atoms with Crippen molar-refractivity contribution in [1.82, 2.24) is 5.32 Å². The minimum absolute atomic E-state index is 0.0731. The maximum atomic E-state index is 13.7. The summed E-state index contributed by atoms with van der Waals surface area (Å²) in [6, 6.07) is 15.3. The summed E-state index contributed by atoms with van der Waals surface area (Å²) in [5.41, 5.74) is 4.16. The smallest absolute Gasteiger partial charge is 0.239 e. The van der Waals surface area contributed by atoms with E-state index >= 15 is 0 Å². The van der Waals surface area contributed by atoms with Gasteiger partial charge < -0.3 is 20.3 Å². The van der Waals surface area contributed by atoms with E-state index in [1.165, 1.54) is 0 Å². The molecular weight excluding hydrogens is 426 g/mol. The number of ether oxygens (including phenoxy) is 1. The molecule has 1 amide bonds. The summed E-state index contributed by atoms with van der Waals surface area (Å²) in [5, 5.41) is 6.63. The first-order chi connectivity index (χ1) is 16.2. The summed E-state index contributed by atoms with van der Waals surface area (Å²) < 4.78 is 5.73. The number of anilines is 2. The van der Waals surface area contributed by atoms with E-state index in [0.29, 0.717) is 24.6 Å². The van der Waals surface area contributed by atoms with Crippen LogP contribution < -0.4 is 20.3 Å². The number of benzene rings is 2. The van der Waals surface area contributed by atoms with Crippen molar-refractivity contribution in [3.63, 3.8) is 0 Å². The average Bonchev–Trinajstić information content (AvgIpc) is 2.91. The molecular formula is C28H35N3O3. The lowest BCUT2D eigenvalue weighted by atomic mass is 9.73. The van der Waals surface area contributed by atoms with E-state index in [-0.39, 0.29) is 23.7 Å². The van der Waals surface area contributed by atoms with Gasteiger partial charge in [0.2, 0.25) is 5.91 Å². The van der Waals surface area contributed by atoms with Gasteiger partial charge in [-0.15, -0.1) is 0 Å². The fourth-order valence-corrected chi connectivity index (χ4v) is 4.97. The van der Waals surface area contributed by atoms with Crippen LogP contribution in [0.3, 0.4) is 0 Å². The van der Waals surface area contributed by atoms with Crippen LogP contribution in [-0.2, 0) is 9.59 Å². The minimum atomic E-state index is -0.448. The van der Waals surface area contributed by atoms with E-state index in [1.807, 2.05) is 48.5 Å². The third-order valence-corrected chi connectivity index (χ3v) is 6.46. The number of Topliss-reactive ketones (excluding diaryl/α,β-unsaturated/α-hetero) is 1. The molecule has 0 bridgehead atoms. The molecule has 34 heavy (non-hydrogen) atoms. The highest BCUT2D eigenvalue weighted by Gasteiger charge is 2.42. The Morgan fingerprint density at radius 2 is 1.85 bits per heavy atom. The molecule has 0 spiro atoms. The molecule has 2 aromatic carbocycles. The SMILES string of the molecule is COc1ccccc1C1C2=C(CC(C)(C)CC2=O)Nc2ccccc2N1CC(=O)NCC(C)C. The Bertz CT molecular complexity index is 1120. The fraction of sp³-hybridized carbons (Fsp3) is 0.429. The van der Waals surface area contributed by atoms with Gasteiger partial charge in [0.1, 0.15) is 5.75 Å². The summed E-state index contributed by atoms with van der Waals surface area (Å²) in [5.74, 6) is 1.08. The number of rotatable bonds is 6. The van der Waals surface area contributed by atoms with E-state index in [0.717, 1.165) is 34.6 Å². The highest BCUT2D eigenvalue weighted by molar-refractivity contribution is 6.02. The third kappa shape index (κ3) is 4.81. The fourth-order valence-electron chi connectivity index (χ4n) is 4.97. The van der Waals surface area contributed by atoms with Gasteiger partial charge >= 0.3 is 0 Å². The molecule has 2 N–H and O–H groups in total. The lowest BCUT2D eigenvalue weighted by Gasteiger charge is -2.38. The van der Waals surface area contributed by atoms with Crippen molar-refractivity contribution >= 4 is 23.1 Å². The number of fused-ring (bicyclic) bond motifs is 1. The maximum absolute atomic E-state index is 13.7. The number of carbonyl (C=O) groups is 2. The Labute approximate surface area is 202 Å². The molecule has 0 saturated heterocycles. The standard InChI is InChI=1S/C28H35N3O3/c1-18(2)16-29-25(33)17-31-22-12-8-7-11-20(22)30-21-14-28(3,4)15-23(32)26(21)27(31)19-10-6-9-13-24(19)34-5/h6-13,18,27,30H,14-17H2,1-5H3,(H,29,33). The van der Waals surface area contributed by atoms with Crippen LogP contribution in [0.15, 0.2) is 59.8 Å². The second kappa shape index (κ2) is 9.53. The number of hydrogen-bond donors (Lipinski definition) is 2. The quantitative estimate of drug-likeness (QED) is 0.628. The second-order valence-corrected chi connectivity index (χ2v) is 10.4. The van der Waals surface area contributed by atoms with Crippen molar-refractivity contribution in [2.24, 2.45) is 11.3 Å². The third-order valence-electron chi connectivity index (χ3n) is 6.46. The van der Waals surface area contributed by atoms with Gasteiger partial charge in [0, 0.05) is 29.8 Å². The topological polar surface area (TPSA) is 70.7 Å². The van der Waals surface area contributed by atoms with Gasteiger partial charge in [-0.1, -0.05) is 58.0 Å². The molecule has 0 fully saturated rings. The van der Waals surface area contributed by atoms with Crippen LogP contribution in [0.4, 0.5) is 11.4 Å². The molecule has 0 radical (unpaired) electrons. The molecule has 1 aliphatic heterocycles. The first kappa shape index (κ1) is 23.9. The zero-order chi connectivity index (χ0) is 24.5. The molecule has 1 aliphatic carbocycles. The predicted octanol–water partition coefficient (Wildman–Crippen LogP) is 5.08. The van der Waals surface area contributed by atoms with Crippen molar-refractivity contribution in [3.8, 4) is 5.75 Å². The van der Waals surface area contributed by atoms with Crippen molar-refractivity contribution in [1.29, 1.82) is 0 Å². The molecule has 2 aliphatic rings. The van der Waals surface area contributed by atoms with Gasteiger partial charge in [0.05, 0.1) is 31.1 Å². The summed E-state index contributed by atoms with van der Waals surface area (Å²) in [4.78, 5) is 28.9. The summed E-state index contributed by atoms with van der Waals surface area (Å²) in [7, 11) is 1.64. The highest BCUT2D eigenvalue weighted by atomic mass is 16.5. The number of ketones is 1. The van der Waals surface area contributed by atoms with Gasteiger partial charge in [0.15, 0.2) is 5.78 Å². The molecule has 0 saturated carbocycles. The van der Waals surface area contributed by atoms with Gasteiger partial charge in [-0.3, -0.25) is 9.59 Å². The van der Waals surface area contributed by atoms with Crippen LogP contribution in [0.1, 0.15) is 52.1 Å². The van der Waals surface area contributed by atoms with Crippen molar-refractivity contribution in [2.45, 2.75) is 46.6 Å². The Morgan fingerprint density at radius 3 is 2.59 bits per heavy atom. The number of amides is 1. The molecule has 1 heterocycles. The van der Waals surface area contributed by atoms with Crippen LogP contribution in [0.2, 0.25) is 0 Å². The normalized spacial score (nSPS) is 19.2. The highest BCUT2D eigenvalue weighted by Crippen LogP contribution is 2.49. The molecule has 4 rings (SSSR count). The average molecular weight is 462 g/mol. The van der Waals surface area contributed by atoms with E-state index in [9.17, 15) is 9.59 Å². The molecule has 1 unspecified atom stereocenters. The zero-order valence-corrected chi connectivity index (χ0v) is 20.8. The van der Waals surface area contributed by atoms with Crippen LogP contribution in [0.25, 0.3) is 0 Å². The number of allylic oxidation sites excluding steroid dienone is 1. The number of hydrogen-bond acceptors (Lipinski definition) is 5. The summed E-state index contributed by atoms with van der Waals surface area (Å²) in [6.45, 7) is 9.13.